The molecule has 0 aliphatic rings. The molecule has 0 aromatic heterocycles. The maximum Gasteiger partial charge on any atom is 0.303 e. The van der Waals surface area contributed by atoms with Crippen LogP contribution < -0.4 is 5.32 Å². The second-order valence-corrected chi connectivity index (χ2v) is 1.73. The molecule has 0 unspecified atom stereocenters. The van der Waals surface area contributed by atoms with E-state index in [-0.39, 0.29) is 12.5 Å². The Morgan fingerprint density at radius 1 is 1.50 bits per heavy atom. The maximum absolute atomic E-state index is 10.6. The van der Waals surface area contributed by atoms with Crippen molar-refractivity contribution in [3.63, 3.8) is 0 Å². The number of carbonyl (C=O) groups is 2. The first-order valence-electron chi connectivity index (χ1n) is 3.07. The number of ether oxygens (including phenoxy) is 1. The molecule has 0 saturated heterocycles. The molecule has 0 spiro atoms. The van der Waals surface area contributed by atoms with Gasteiger partial charge in [-0.3, -0.25) is 9.59 Å². The lowest BCUT2D eigenvalue weighted by Crippen LogP contribution is -2.27. The van der Waals surface area contributed by atoms with Crippen LogP contribution in [0, 0.1) is 0 Å². The average Bonchev–Trinajstić information content (AvgIpc) is 1.85. The van der Waals surface area contributed by atoms with Crippen molar-refractivity contribution < 1.29 is 14.3 Å². The third-order valence-corrected chi connectivity index (χ3v) is 0.780. The highest BCUT2D eigenvalue weighted by Gasteiger charge is 1.99. The zero-order valence-electron chi connectivity index (χ0n) is 6.14. The van der Waals surface area contributed by atoms with Gasteiger partial charge in [-0.1, -0.05) is 0 Å². The first kappa shape index (κ1) is 8.94. The molecule has 0 aliphatic carbocycles. The van der Waals surface area contributed by atoms with Crippen molar-refractivity contribution in [2.75, 3.05) is 13.2 Å². The number of hydrogen-bond donors (Lipinski definition) is 1. The molecule has 0 saturated carbocycles. The monoisotopic (exact) mass is 145 g/mol. The molecule has 4 heteroatoms. The van der Waals surface area contributed by atoms with Crippen molar-refractivity contribution in [2.45, 2.75) is 13.8 Å². The van der Waals surface area contributed by atoms with E-state index < -0.39 is 5.97 Å². The number of nitrogens with one attached hydrogen (secondary N) is 1. The summed E-state index contributed by atoms with van der Waals surface area (Å²) in [5.41, 5.74) is 0. The van der Waals surface area contributed by atoms with E-state index >= 15 is 0 Å². The Labute approximate surface area is 59.6 Å². The predicted molar refractivity (Wildman–Crippen MR) is 35.3 cm³/mol. The summed E-state index contributed by atoms with van der Waals surface area (Å²) in [6.07, 6.45) is 0. The van der Waals surface area contributed by atoms with Crippen LogP contribution in [0.4, 0.5) is 0 Å². The first-order chi connectivity index (χ1) is 4.66. The van der Waals surface area contributed by atoms with Gasteiger partial charge in [0, 0.05) is 13.5 Å². The van der Waals surface area contributed by atoms with Crippen molar-refractivity contribution in [3.05, 3.63) is 0 Å². The van der Waals surface area contributed by atoms with Crippen LogP contribution in [0.2, 0.25) is 0 Å². The van der Waals surface area contributed by atoms with Gasteiger partial charge < -0.3 is 10.1 Å². The molecular formula is C6H11NO3. The van der Waals surface area contributed by atoms with E-state index in [2.05, 4.69) is 10.1 Å². The Morgan fingerprint density at radius 2 is 2.10 bits per heavy atom. The summed E-state index contributed by atoms with van der Waals surface area (Å²) in [6.45, 7) is 3.44. The van der Waals surface area contributed by atoms with Gasteiger partial charge in [0.2, 0.25) is 0 Å². The summed E-state index contributed by atoms with van der Waals surface area (Å²) in [7, 11) is 0. The Kier molecular flexibility index (Phi) is 4.28. The molecule has 0 rings (SSSR count). The third kappa shape index (κ3) is 5.08. The number of carbonyl (C=O) groups excluding carboxylic acids is 2. The van der Waals surface area contributed by atoms with Crippen LogP contribution in [0.1, 0.15) is 13.8 Å². The van der Waals surface area contributed by atoms with Gasteiger partial charge in [-0.15, -0.1) is 0 Å². The summed E-state index contributed by atoms with van der Waals surface area (Å²) in [4.78, 5) is 20.7. The Morgan fingerprint density at radius 3 is 2.50 bits per heavy atom. The summed E-state index contributed by atoms with van der Waals surface area (Å²) in [6, 6.07) is 0. The Hall–Kier alpha value is -1.06. The van der Waals surface area contributed by atoms with Crippen molar-refractivity contribution in [3.8, 4) is 0 Å². The molecule has 0 bridgehead atoms. The molecular weight excluding hydrogens is 134 g/mol. The van der Waals surface area contributed by atoms with Crippen LogP contribution in [0.5, 0.6) is 0 Å². The highest BCUT2D eigenvalue weighted by molar-refractivity contribution is 5.79. The van der Waals surface area contributed by atoms with Gasteiger partial charge in [-0.2, -0.15) is 0 Å². The van der Waals surface area contributed by atoms with E-state index in [0.29, 0.717) is 6.54 Å². The number of rotatable bonds is 3. The molecule has 1 amide bonds. The predicted octanol–water partition coefficient (Wildman–Crippen LogP) is -0.314. The van der Waals surface area contributed by atoms with Crippen LogP contribution in [0.3, 0.4) is 0 Å². The lowest BCUT2D eigenvalue weighted by atomic mass is 10.6. The quantitative estimate of drug-likeness (QED) is 0.554. The first-order valence-corrected chi connectivity index (χ1v) is 3.07. The molecule has 0 heterocycles. The number of hydrogen-bond acceptors (Lipinski definition) is 3. The van der Waals surface area contributed by atoms with Gasteiger partial charge >= 0.3 is 5.97 Å². The number of likely N-dealkylation sites (N-methyl/N-ethyl adjacent to an activating group) is 1. The minimum atomic E-state index is -0.439. The lowest BCUT2D eigenvalue weighted by Gasteiger charge is -2.00. The molecule has 1 N–H and O–H groups in total. The van der Waals surface area contributed by atoms with Crippen LogP contribution in [-0.2, 0) is 14.3 Å². The topological polar surface area (TPSA) is 55.4 Å². The van der Waals surface area contributed by atoms with Gasteiger partial charge in [0.05, 0.1) is 0 Å². The third-order valence-electron chi connectivity index (χ3n) is 0.780. The van der Waals surface area contributed by atoms with Crippen LogP contribution in [0.25, 0.3) is 0 Å². The Bertz CT molecular complexity index is 133. The van der Waals surface area contributed by atoms with E-state index in [9.17, 15) is 9.59 Å². The fourth-order valence-corrected chi connectivity index (χ4v) is 0.415. The zero-order chi connectivity index (χ0) is 7.98. The average molecular weight is 145 g/mol. The minimum Gasteiger partial charge on any atom is -0.456 e. The molecule has 0 aromatic carbocycles. The SMILES string of the molecule is CCNC(=O)COC(C)=O. The van der Waals surface area contributed by atoms with Crippen molar-refractivity contribution >= 4 is 11.9 Å². The fourth-order valence-electron chi connectivity index (χ4n) is 0.415. The van der Waals surface area contributed by atoms with E-state index in [4.69, 9.17) is 0 Å². The zero-order valence-corrected chi connectivity index (χ0v) is 6.14. The number of amides is 1. The summed E-state index contributed by atoms with van der Waals surface area (Å²) in [5, 5.41) is 2.48. The smallest absolute Gasteiger partial charge is 0.303 e. The molecule has 10 heavy (non-hydrogen) atoms. The van der Waals surface area contributed by atoms with Crippen molar-refractivity contribution in [1.29, 1.82) is 0 Å². The normalized spacial score (nSPS) is 8.60. The Balaban J connectivity index is 3.30. The van der Waals surface area contributed by atoms with Gasteiger partial charge in [0.25, 0.3) is 5.91 Å². The lowest BCUT2D eigenvalue weighted by molar-refractivity contribution is -0.146. The van der Waals surface area contributed by atoms with E-state index in [1.54, 1.807) is 6.92 Å². The highest BCUT2D eigenvalue weighted by atomic mass is 16.5. The van der Waals surface area contributed by atoms with Crippen LogP contribution in [0.15, 0.2) is 0 Å². The van der Waals surface area contributed by atoms with Gasteiger partial charge in [0.1, 0.15) is 0 Å². The van der Waals surface area contributed by atoms with Gasteiger partial charge in [-0.25, -0.2) is 0 Å². The molecule has 0 radical (unpaired) electrons. The summed E-state index contributed by atoms with van der Waals surface area (Å²) >= 11 is 0. The van der Waals surface area contributed by atoms with Crippen LogP contribution in [-0.4, -0.2) is 25.0 Å². The summed E-state index contributed by atoms with van der Waals surface area (Å²) in [5.74, 6) is -0.705. The van der Waals surface area contributed by atoms with Crippen molar-refractivity contribution in [2.24, 2.45) is 0 Å². The van der Waals surface area contributed by atoms with E-state index in [1.807, 2.05) is 0 Å². The largest absolute Gasteiger partial charge is 0.456 e. The standard InChI is InChI=1S/C6H11NO3/c1-3-7-6(9)4-10-5(2)8/h3-4H2,1-2H3,(H,7,9). The number of esters is 1. The highest BCUT2D eigenvalue weighted by Crippen LogP contribution is 1.75. The van der Waals surface area contributed by atoms with Crippen molar-refractivity contribution in [1.82, 2.24) is 5.32 Å². The molecule has 4 nitrogen and oxygen atoms in total. The fraction of sp³-hybridized carbons (Fsp3) is 0.667. The van der Waals surface area contributed by atoms with E-state index in [0.717, 1.165) is 0 Å². The molecule has 0 fully saturated rings. The molecule has 58 valence electrons. The van der Waals surface area contributed by atoms with Crippen LogP contribution >= 0.6 is 0 Å². The second kappa shape index (κ2) is 4.78. The van der Waals surface area contributed by atoms with Gasteiger partial charge in [-0.05, 0) is 6.92 Å². The van der Waals surface area contributed by atoms with E-state index in [1.165, 1.54) is 6.92 Å². The van der Waals surface area contributed by atoms with Gasteiger partial charge in [0.15, 0.2) is 6.61 Å². The molecule has 0 atom stereocenters. The second-order valence-electron chi connectivity index (χ2n) is 1.73. The summed E-state index contributed by atoms with van der Waals surface area (Å²) < 4.78 is 4.41. The molecule has 0 aliphatic heterocycles. The maximum atomic E-state index is 10.6. The minimum absolute atomic E-state index is 0.177. The molecule has 0 aromatic rings.